The number of ether oxygens (including phenoxy) is 1. The topological polar surface area (TPSA) is 118 Å². The van der Waals surface area contributed by atoms with Gasteiger partial charge in [-0.1, -0.05) is 20.8 Å². The van der Waals surface area contributed by atoms with Crippen LogP contribution in [0.4, 0.5) is 0 Å². The summed E-state index contributed by atoms with van der Waals surface area (Å²) in [4.78, 5) is 43.7. The molecule has 0 aromatic carbocycles. The molecule has 0 aliphatic heterocycles. The molecule has 0 saturated heterocycles. The summed E-state index contributed by atoms with van der Waals surface area (Å²) in [7, 11) is 0. The maximum atomic E-state index is 11.4. The first kappa shape index (κ1) is 16.1. The van der Waals surface area contributed by atoms with Gasteiger partial charge in [-0.05, 0) is 0 Å². The molecule has 0 aromatic rings. The fraction of sp³-hybridized carbons (Fsp3) is 0.636. The summed E-state index contributed by atoms with van der Waals surface area (Å²) >= 11 is 0. The minimum atomic E-state index is -1.18. The summed E-state index contributed by atoms with van der Waals surface area (Å²) in [5, 5.41) is 17.2. The molecule has 0 heterocycles. The van der Waals surface area contributed by atoms with E-state index in [0.29, 0.717) is 0 Å². The minimum absolute atomic E-state index is 0.435. The number of hydrogen-bond donors (Lipinski definition) is 2. The van der Waals surface area contributed by atoms with Gasteiger partial charge in [0.25, 0.3) is 0 Å². The summed E-state index contributed by atoms with van der Waals surface area (Å²) in [6.07, 6.45) is -0.435. The van der Waals surface area contributed by atoms with Crippen LogP contribution in [0.15, 0.2) is 0 Å². The zero-order valence-electron chi connectivity index (χ0n) is 10.4. The van der Waals surface area contributed by atoms with E-state index in [9.17, 15) is 19.2 Å². The van der Waals surface area contributed by atoms with Gasteiger partial charge in [0, 0.05) is 0 Å². The van der Waals surface area contributed by atoms with E-state index in [1.807, 2.05) is 0 Å². The van der Waals surface area contributed by atoms with Crippen LogP contribution in [0, 0.1) is 17.8 Å². The average Bonchev–Trinajstić information content (AvgIpc) is 2.26. The molecule has 2 N–H and O–H groups in total. The lowest BCUT2D eigenvalue weighted by Gasteiger charge is -2.14. The van der Waals surface area contributed by atoms with Crippen molar-refractivity contribution < 1.29 is 34.1 Å². The third-order valence-electron chi connectivity index (χ3n) is 2.62. The van der Waals surface area contributed by atoms with Crippen molar-refractivity contribution in [3.8, 4) is 0 Å². The second kappa shape index (κ2) is 6.73. The molecule has 102 valence electrons. The van der Waals surface area contributed by atoms with Crippen LogP contribution in [0.2, 0.25) is 0 Å². The van der Waals surface area contributed by atoms with Crippen LogP contribution < -0.4 is 0 Å². The van der Waals surface area contributed by atoms with Gasteiger partial charge in [0.1, 0.15) is 0 Å². The Balaban J connectivity index is 4.36. The molecule has 0 fully saturated rings. The Morgan fingerprint density at radius 3 is 1.83 bits per heavy atom. The van der Waals surface area contributed by atoms with Crippen LogP contribution in [0.1, 0.15) is 27.2 Å². The van der Waals surface area contributed by atoms with E-state index in [4.69, 9.17) is 10.2 Å². The van der Waals surface area contributed by atoms with Crippen molar-refractivity contribution in [3.63, 3.8) is 0 Å². The number of carbonyl (C=O) groups excluding carboxylic acids is 2. The van der Waals surface area contributed by atoms with Crippen molar-refractivity contribution in [2.45, 2.75) is 27.2 Å². The van der Waals surface area contributed by atoms with Gasteiger partial charge in [0.15, 0.2) is 0 Å². The number of carboxylic acid groups (broad SMARTS) is 2. The molecule has 7 nitrogen and oxygen atoms in total. The molecule has 0 aliphatic carbocycles. The lowest BCUT2D eigenvalue weighted by molar-refractivity contribution is -0.167. The second-order valence-corrected chi connectivity index (χ2v) is 4.15. The molecule has 0 aliphatic rings. The number of carboxylic acids is 2. The quantitative estimate of drug-likeness (QED) is 0.528. The van der Waals surface area contributed by atoms with E-state index in [1.54, 1.807) is 0 Å². The molecule has 0 rings (SSSR count). The lowest BCUT2D eigenvalue weighted by atomic mass is 9.96. The van der Waals surface area contributed by atoms with Crippen molar-refractivity contribution in [2.75, 3.05) is 0 Å². The molecule has 0 spiro atoms. The van der Waals surface area contributed by atoms with Crippen LogP contribution in [0.3, 0.4) is 0 Å². The Labute approximate surface area is 104 Å². The first-order chi connectivity index (χ1) is 8.16. The van der Waals surface area contributed by atoms with E-state index in [0.717, 1.165) is 0 Å². The lowest BCUT2D eigenvalue weighted by Crippen LogP contribution is -2.29. The maximum absolute atomic E-state index is 11.4. The highest BCUT2D eigenvalue weighted by molar-refractivity contribution is 5.90. The molecule has 18 heavy (non-hydrogen) atoms. The predicted molar refractivity (Wildman–Crippen MR) is 58.5 cm³/mol. The molecule has 7 heteroatoms. The van der Waals surface area contributed by atoms with Gasteiger partial charge in [-0.15, -0.1) is 0 Å². The maximum Gasteiger partial charge on any atom is 0.317 e. The zero-order chi connectivity index (χ0) is 14.5. The molecule has 3 atom stereocenters. The third-order valence-corrected chi connectivity index (χ3v) is 2.62. The largest absolute Gasteiger partial charge is 0.481 e. The Hall–Kier alpha value is -1.92. The van der Waals surface area contributed by atoms with E-state index in [2.05, 4.69) is 4.74 Å². The normalized spacial score (nSPS) is 15.3. The molecular weight excluding hydrogens is 244 g/mol. The molecule has 0 bridgehead atoms. The van der Waals surface area contributed by atoms with Crippen molar-refractivity contribution in [1.29, 1.82) is 0 Å². The van der Waals surface area contributed by atoms with Crippen molar-refractivity contribution in [1.82, 2.24) is 0 Å². The first-order valence-electron chi connectivity index (χ1n) is 5.37. The van der Waals surface area contributed by atoms with Crippen molar-refractivity contribution in [3.05, 3.63) is 0 Å². The monoisotopic (exact) mass is 260 g/mol. The van der Waals surface area contributed by atoms with Crippen LogP contribution in [-0.4, -0.2) is 34.1 Å². The Morgan fingerprint density at radius 2 is 1.44 bits per heavy atom. The van der Waals surface area contributed by atoms with Gasteiger partial charge in [-0.25, -0.2) is 0 Å². The molecule has 0 amide bonds. The van der Waals surface area contributed by atoms with Gasteiger partial charge in [0.2, 0.25) is 0 Å². The smallest absolute Gasteiger partial charge is 0.317 e. The first-order valence-corrected chi connectivity index (χ1v) is 5.37. The Bertz CT molecular complexity index is 360. The van der Waals surface area contributed by atoms with Gasteiger partial charge >= 0.3 is 23.9 Å². The fourth-order valence-corrected chi connectivity index (χ4v) is 1.00. The average molecular weight is 260 g/mol. The number of rotatable bonds is 6. The number of carbonyl (C=O) groups is 4. The van der Waals surface area contributed by atoms with Gasteiger partial charge < -0.3 is 14.9 Å². The van der Waals surface area contributed by atoms with Gasteiger partial charge in [-0.3, -0.25) is 19.2 Å². The summed E-state index contributed by atoms with van der Waals surface area (Å²) in [6.45, 7) is 3.95. The van der Waals surface area contributed by atoms with E-state index >= 15 is 0 Å². The number of aliphatic carboxylic acids is 2. The number of hydrogen-bond acceptors (Lipinski definition) is 5. The minimum Gasteiger partial charge on any atom is -0.481 e. The Morgan fingerprint density at radius 1 is 0.944 bits per heavy atom. The highest BCUT2D eigenvalue weighted by Gasteiger charge is 2.29. The summed E-state index contributed by atoms with van der Waals surface area (Å²) in [5.74, 6) is -7.21. The van der Waals surface area contributed by atoms with Crippen LogP contribution in [0.5, 0.6) is 0 Å². The Kier molecular flexibility index (Phi) is 6.01. The molecular formula is C11H16O7. The molecule has 0 aromatic heterocycles. The van der Waals surface area contributed by atoms with Gasteiger partial charge in [-0.2, -0.15) is 0 Å². The highest BCUT2D eigenvalue weighted by atomic mass is 16.6. The second-order valence-electron chi connectivity index (χ2n) is 4.15. The van der Waals surface area contributed by atoms with Crippen LogP contribution in [-0.2, 0) is 23.9 Å². The van der Waals surface area contributed by atoms with Gasteiger partial charge in [0.05, 0.1) is 24.2 Å². The third kappa shape index (κ3) is 4.94. The molecule has 3 unspecified atom stereocenters. The molecule has 0 radical (unpaired) electrons. The highest BCUT2D eigenvalue weighted by Crippen LogP contribution is 2.14. The fourth-order valence-electron chi connectivity index (χ4n) is 1.00. The molecule has 0 saturated carbocycles. The number of esters is 2. The van der Waals surface area contributed by atoms with Crippen LogP contribution in [0.25, 0.3) is 0 Å². The van der Waals surface area contributed by atoms with Crippen molar-refractivity contribution in [2.24, 2.45) is 17.8 Å². The predicted octanol–water partition coefficient (Wildman–Crippen LogP) is 0.524. The van der Waals surface area contributed by atoms with E-state index in [-0.39, 0.29) is 0 Å². The van der Waals surface area contributed by atoms with E-state index in [1.165, 1.54) is 20.8 Å². The standard InChI is InChI=1S/C11H16O7/c1-5(9(13)14)4-8(12)18-11(17)7(3)6(2)10(15)16/h5-7H,4H2,1-3H3,(H,13,14)(H,15,16). The summed E-state index contributed by atoms with van der Waals surface area (Å²) < 4.78 is 4.40. The zero-order valence-corrected chi connectivity index (χ0v) is 10.4. The summed E-state index contributed by atoms with van der Waals surface area (Å²) in [6, 6.07) is 0. The van der Waals surface area contributed by atoms with E-state index < -0.39 is 48.1 Å². The summed E-state index contributed by atoms with van der Waals surface area (Å²) in [5.41, 5.74) is 0. The SMILES string of the molecule is CC(CC(=O)OC(=O)C(C)C(C)C(=O)O)C(=O)O. The van der Waals surface area contributed by atoms with Crippen LogP contribution >= 0.6 is 0 Å². The van der Waals surface area contributed by atoms with Crippen molar-refractivity contribution >= 4 is 23.9 Å².